The van der Waals surface area contributed by atoms with Gasteiger partial charge in [0, 0.05) is 5.56 Å². The first-order valence-corrected chi connectivity index (χ1v) is 13.8. The standard InChI is InChI=1S/C30H47FN2O/c1-4-6-7-8-9-10-11-12-16-26-18-20-27(21-19-26)30-32-22-29(23-33-30)34-24-28(31)17-13-15-25(3)14-5-2/h18-23,25,28H,4-17,24H2,1-3H3. The number of aromatic nitrogens is 2. The van der Waals surface area contributed by atoms with E-state index in [4.69, 9.17) is 4.74 Å². The van der Waals surface area contributed by atoms with Crippen LogP contribution < -0.4 is 4.74 Å². The van der Waals surface area contributed by atoms with Gasteiger partial charge in [-0.1, -0.05) is 116 Å². The van der Waals surface area contributed by atoms with E-state index in [-0.39, 0.29) is 6.61 Å². The molecule has 0 saturated heterocycles. The van der Waals surface area contributed by atoms with E-state index < -0.39 is 6.17 Å². The fraction of sp³-hybridized carbons (Fsp3) is 0.667. The molecule has 0 saturated carbocycles. The van der Waals surface area contributed by atoms with E-state index >= 15 is 0 Å². The van der Waals surface area contributed by atoms with Gasteiger partial charge in [0.25, 0.3) is 0 Å². The highest BCUT2D eigenvalue weighted by Gasteiger charge is 2.10. The maximum atomic E-state index is 14.1. The fourth-order valence-electron chi connectivity index (χ4n) is 4.42. The lowest BCUT2D eigenvalue weighted by atomic mass is 9.98. The molecule has 2 rings (SSSR count). The lowest BCUT2D eigenvalue weighted by Gasteiger charge is -2.12. The Morgan fingerprint density at radius 1 is 0.765 bits per heavy atom. The molecule has 0 bridgehead atoms. The third-order valence-corrected chi connectivity index (χ3v) is 6.59. The average Bonchev–Trinajstić information content (AvgIpc) is 2.85. The third kappa shape index (κ3) is 11.9. The van der Waals surface area contributed by atoms with Crippen LogP contribution in [0.1, 0.15) is 110 Å². The Balaban J connectivity index is 1.66. The Hall–Kier alpha value is -1.97. The smallest absolute Gasteiger partial charge is 0.159 e. The molecule has 0 amide bonds. The van der Waals surface area contributed by atoms with Gasteiger partial charge < -0.3 is 4.74 Å². The van der Waals surface area contributed by atoms with Crippen LogP contribution in [0.15, 0.2) is 36.7 Å². The number of rotatable bonds is 19. The van der Waals surface area contributed by atoms with Crippen molar-refractivity contribution in [2.45, 2.75) is 117 Å². The first-order valence-electron chi connectivity index (χ1n) is 13.8. The number of hydrogen-bond acceptors (Lipinski definition) is 3. The van der Waals surface area contributed by atoms with Crippen LogP contribution in [0.3, 0.4) is 0 Å². The predicted octanol–water partition coefficient (Wildman–Crippen LogP) is 9.15. The Morgan fingerprint density at radius 2 is 1.41 bits per heavy atom. The average molecular weight is 471 g/mol. The molecule has 2 atom stereocenters. The van der Waals surface area contributed by atoms with Crippen molar-refractivity contribution in [2.24, 2.45) is 5.92 Å². The SMILES string of the molecule is CCCCCCCCCCc1ccc(-c2ncc(OCC(F)CCCC(C)CCC)cn2)cc1. The molecular weight excluding hydrogens is 423 g/mol. The van der Waals surface area contributed by atoms with E-state index in [2.05, 4.69) is 55.0 Å². The topological polar surface area (TPSA) is 35.0 Å². The zero-order chi connectivity index (χ0) is 24.4. The van der Waals surface area contributed by atoms with Crippen LogP contribution in [0.2, 0.25) is 0 Å². The first-order chi connectivity index (χ1) is 16.6. The number of unbranched alkanes of at least 4 members (excludes halogenated alkanes) is 7. The molecule has 190 valence electrons. The van der Waals surface area contributed by atoms with Crippen molar-refractivity contribution in [1.82, 2.24) is 9.97 Å². The minimum Gasteiger partial charge on any atom is -0.487 e. The second kappa shape index (κ2) is 17.5. The molecule has 2 unspecified atom stereocenters. The molecule has 0 fully saturated rings. The molecule has 34 heavy (non-hydrogen) atoms. The number of aryl methyl sites for hydroxylation is 1. The van der Waals surface area contributed by atoms with Gasteiger partial charge in [-0.3, -0.25) is 0 Å². The quantitative estimate of drug-likeness (QED) is 0.192. The minimum atomic E-state index is -0.942. The molecule has 1 aromatic heterocycles. The van der Waals surface area contributed by atoms with E-state index in [1.165, 1.54) is 69.8 Å². The molecule has 0 aliphatic heterocycles. The summed E-state index contributed by atoms with van der Waals surface area (Å²) in [6.45, 7) is 6.78. The molecule has 0 spiro atoms. The number of benzene rings is 1. The highest BCUT2D eigenvalue weighted by atomic mass is 19.1. The molecule has 0 aliphatic carbocycles. The van der Waals surface area contributed by atoms with Crippen LogP contribution in [0, 0.1) is 5.92 Å². The third-order valence-electron chi connectivity index (χ3n) is 6.59. The summed E-state index contributed by atoms with van der Waals surface area (Å²) < 4.78 is 19.7. The van der Waals surface area contributed by atoms with Crippen LogP contribution in [0.4, 0.5) is 4.39 Å². The largest absolute Gasteiger partial charge is 0.487 e. The Labute approximate surface area is 208 Å². The Kier molecular flexibility index (Phi) is 14.5. The number of halogens is 1. The summed E-state index contributed by atoms with van der Waals surface area (Å²) in [5.74, 6) is 1.88. The fourth-order valence-corrected chi connectivity index (χ4v) is 4.42. The van der Waals surface area contributed by atoms with Crippen molar-refractivity contribution in [1.29, 1.82) is 0 Å². The van der Waals surface area contributed by atoms with E-state index in [0.29, 0.717) is 23.9 Å². The second-order valence-corrected chi connectivity index (χ2v) is 9.90. The van der Waals surface area contributed by atoms with Crippen LogP contribution in [-0.4, -0.2) is 22.7 Å². The van der Waals surface area contributed by atoms with Gasteiger partial charge >= 0.3 is 0 Å². The van der Waals surface area contributed by atoms with Gasteiger partial charge in [-0.2, -0.15) is 0 Å². The molecule has 4 heteroatoms. The zero-order valence-electron chi connectivity index (χ0n) is 21.9. The highest BCUT2D eigenvalue weighted by Crippen LogP contribution is 2.20. The van der Waals surface area contributed by atoms with E-state index in [1.54, 1.807) is 12.4 Å². The molecule has 0 aliphatic rings. The number of ether oxygens (including phenoxy) is 1. The summed E-state index contributed by atoms with van der Waals surface area (Å²) in [6, 6.07) is 8.54. The predicted molar refractivity (Wildman–Crippen MR) is 142 cm³/mol. The number of nitrogens with zero attached hydrogens (tertiary/aromatic N) is 2. The van der Waals surface area contributed by atoms with Gasteiger partial charge in [0.2, 0.25) is 0 Å². The van der Waals surface area contributed by atoms with Gasteiger partial charge in [-0.15, -0.1) is 0 Å². The van der Waals surface area contributed by atoms with Crippen molar-refractivity contribution in [3.63, 3.8) is 0 Å². The lowest BCUT2D eigenvalue weighted by molar-refractivity contribution is 0.181. The van der Waals surface area contributed by atoms with Crippen LogP contribution in [-0.2, 0) is 6.42 Å². The summed E-state index contributed by atoms with van der Waals surface area (Å²) in [6.07, 6.45) is 19.2. The molecule has 0 N–H and O–H groups in total. The maximum Gasteiger partial charge on any atom is 0.159 e. The van der Waals surface area contributed by atoms with Gasteiger partial charge in [0.1, 0.15) is 12.8 Å². The minimum absolute atomic E-state index is 0.0678. The Bertz CT molecular complexity index is 747. The van der Waals surface area contributed by atoms with Crippen molar-refractivity contribution in [3.8, 4) is 17.1 Å². The summed E-state index contributed by atoms with van der Waals surface area (Å²) in [5, 5.41) is 0. The van der Waals surface area contributed by atoms with Crippen molar-refractivity contribution in [2.75, 3.05) is 6.61 Å². The monoisotopic (exact) mass is 470 g/mol. The number of alkyl halides is 1. The summed E-state index contributed by atoms with van der Waals surface area (Å²) in [7, 11) is 0. The van der Waals surface area contributed by atoms with Gasteiger partial charge in [0.05, 0.1) is 12.4 Å². The first kappa shape index (κ1) is 28.3. The van der Waals surface area contributed by atoms with Crippen molar-refractivity contribution in [3.05, 3.63) is 42.2 Å². The molecule has 0 radical (unpaired) electrons. The molecule has 1 heterocycles. The van der Waals surface area contributed by atoms with Crippen LogP contribution in [0.5, 0.6) is 5.75 Å². The van der Waals surface area contributed by atoms with Gasteiger partial charge in [0.15, 0.2) is 11.6 Å². The zero-order valence-corrected chi connectivity index (χ0v) is 21.9. The summed E-state index contributed by atoms with van der Waals surface area (Å²) >= 11 is 0. The lowest BCUT2D eigenvalue weighted by Crippen LogP contribution is -2.13. The van der Waals surface area contributed by atoms with Crippen LogP contribution in [0.25, 0.3) is 11.4 Å². The maximum absolute atomic E-state index is 14.1. The van der Waals surface area contributed by atoms with Gasteiger partial charge in [-0.25, -0.2) is 14.4 Å². The van der Waals surface area contributed by atoms with E-state index in [1.807, 2.05) is 0 Å². The van der Waals surface area contributed by atoms with Gasteiger partial charge in [-0.05, 0) is 30.7 Å². The number of hydrogen-bond donors (Lipinski definition) is 0. The summed E-state index contributed by atoms with van der Waals surface area (Å²) in [5.41, 5.74) is 2.36. The second-order valence-electron chi connectivity index (χ2n) is 9.90. The molecule has 1 aromatic carbocycles. The Morgan fingerprint density at radius 3 is 2.06 bits per heavy atom. The molecular formula is C30H47FN2O. The van der Waals surface area contributed by atoms with Crippen molar-refractivity contribution >= 4 is 0 Å². The highest BCUT2D eigenvalue weighted by molar-refractivity contribution is 5.55. The molecule has 2 aromatic rings. The van der Waals surface area contributed by atoms with Crippen molar-refractivity contribution < 1.29 is 9.13 Å². The van der Waals surface area contributed by atoms with E-state index in [9.17, 15) is 4.39 Å². The molecule has 3 nitrogen and oxygen atoms in total. The summed E-state index contributed by atoms with van der Waals surface area (Å²) in [4.78, 5) is 8.84. The van der Waals surface area contributed by atoms with E-state index in [0.717, 1.165) is 24.8 Å². The van der Waals surface area contributed by atoms with Crippen LogP contribution >= 0.6 is 0 Å². The normalized spacial score (nSPS) is 13.1.